The van der Waals surface area contributed by atoms with Gasteiger partial charge in [-0.25, -0.2) is 24.5 Å². The van der Waals surface area contributed by atoms with Crippen LogP contribution >= 0.6 is 23.2 Å². The molecule has 4 aromatic rings. The predicted octanol–water partition coefficient (Wildman–Crippen LogP) is 4.83. The molecule has 6 rings (SSSR count). The first-order valence-corrected chi connectivity index (χ1v) is 17.0. The van der Waals surface area contributed by atoms with Crippen LogP contribution in [0.5, 0.6) is 0 Å². The van der Waals surface area contributed by atoms with Gasteiger partial charge in [0, 0.05) is 51.1 Å². The van der Waals surface area contributed by atoms with Crippen molar-refractivity contribution < 1.29 is 59.8 Å². The van der Waals surface area contributed by atoms with E-state index in [4.69, 9.17) is 33.7 Å². The van der Waals surface area contributed by atoms with Gasteiger partial charge in [0.05, 0.1) is 27.7 Å². The van der Waals surface area contributed by atoms with Crippen molar-refractivity contribution in [1.82, 2.24) is 29.7 Å². The fourth-order valence-corrected chi connectivity index (χ4v) is 4.70. The number of carbonyl (C=O) groups excluding carboxylic acids is 5. The number of nitrogens with zero attached hydrogens (tertiary/aromatic N) is 5. The lowest BCUT2D eigenvalue weighted by Crippen LogP contribution is -2.34. The Hall–Kier alpha value is -5.64. The zero-order valence-corrected chi connectivity index (χ0v) is 30.8. The van der Waals surface area contributed by atoms with Gasteiger partial charge in [-0.1, -0.05) is 35.3 Å². The first-order valence-electron chi connectivity index (χ1n) is 16.2. The Balaban J connectivity index is 0.000000221. The normalized spacial score (nSPS) is 13.4. The summed E-state index contributed by atoms with van der Waals surface area (Å²) in [4.78, 5) is 66.8. The second kappa shape index (κ2) is 21.6. The molecule has 0 unspecified atom stereocenters. The average Bonchev–Trinajstić information content (AvgIpc) is 4.02. The summed E-state index contributed by atoms with van der Waals surface area (Å²) in [5.74, 6) is -3.61. The predicted molar refractivity (Wildman–Crippen MR) is 190 cm³/mol. The number of Topliss-reactive ketones (excluding diaryl/α,β-unsaturated/α-hetero) is 1. The Kier molecular flexibility index (Phi) is 17.3. The molecule has 4 N–H and O–H groups in total. The second-order valence-electron chi connectivity index (χ2n) is 11.3. The fraction of sp³-hybridized carbons (Fsp3) is 0.294. The van der Waals surface area contributed by atoms with Crippen LogP contribution in [0.4, 0.5) is 31.1 Å². The molecule has 0 bridgehead atoms. The van der Waals surface area contributed by atoms with Crippen LogP contribution < -0.4 is 16.4 Å². The SMILES string of the molecule is C1CCOC1.NCC(=O)C(=O)NCc1ccc(Cl)c(C(F)(F)F)c1.O=C(n1ccnc1)n1ccnc1.O=C1CN=C(C(=O)NCc2ccc(Cl)c(C(F)(F)F)c2)O1. The molecule has 0 atom stereocenters. The van der Waals surface area contributed by atoms with Crippen LogP contribution in [0.3, 0.4) is 0 Å². The zero-order valence-electron chi connectivity index (χ0n) is 29.3. The van der Waals surface area contributed by atoms with E-state index in [1.165, 1.54) is 46.8 Å². The van der Waals surface area contributed by atoms with Crippen molar-refractivity contribution in [2.24, 2.45) is 10.7 Å². The lowest BCUT2D eigenvalue weighted by atomic mass is 10.1. The summed E-state index contributed by atoms with van der Waals surface area (Å²) in [7, 11) is 0. The van der Waals surface area contributed by atoms with E-state index in [0.717, 1.165) is 37.5 Å². The number of imidazole rings is 2. The number of halogens is 8. The Bertz CT molecular complexity index is 1980. The largest absolute Gasteiger partial charge is 0.417 e. The molecule has 4 heterocycles. The molecule has 1 saturated heterocycles. The molecule has 2 amide bonds. The van der Waals surface area contributed by atoms with E-state index in [0.29, 0.717) is 0 Å². The molecule has 306 valence electrons. The maximum Gasteiger partial charge on any atom is 0.417 e. The quantitative estimate of drug-likeness (QED) is 0.132. The first kappa shape index (κ1) is 45.7. The second-order valence-corrected chi connectivity index (χ2v) is 12.1. The summed E-state index contributed by atoms with van der Waals surface area (Å²) in [5, 5.41) is 3.62. The van der Waals surface area contributed by atoms with Gasteiger partial charge in [0.1, 0.15) is 19.2 Å². The molecule has 0 aliphatic carbocycles. The number of alkyl halides is 6. The van der Waals surface area contributed by atoms with E-state index in [1.54, 1.807) is 24.8 Å². The lowest BCUT2D eigenvalue weighted by Gasteiger charge is -2.11. The van der Waals surface area contributed by atoms with Crippen LogP contribution in [-0.4, -0.2) is 80.9 Å². The highest BCUT2D eigenvalue weighted by atomic mass is 35.5. The maximum absolute atomic E-state index is 12.7. The molecule has 2 aromatic carbocycles. The van der Waals surface area contributed by atoms with Crippen LogP contribution in [0.1, 0.15) is 35.1 Å². The van der Waals surface area contributed by atoms with Crippen LogP contribution in [0.25, 0.3) is 0 Å². The Morgan fingerprint density at radius 3 is 1.65 bits per heavy atom. The highest BCUT2D eigenvalue weighted by molar-refractivity contribution is 6.38. The van der Waals surface area contributed by atoms with Crippen molar-refractivity contribution in [2.75, 3.05) is 26.3 Å². The number of amides is 2. The van der Waals surface area contributed by atoms with Crippen molar-refractivity contribution in [2.45, 2.75) is 38.3 Å². The number of nitrogens with one attached hydrogen (secondary N) is 2. The highest BCUT2D eigenvalue weighted by Crippen LogP contribution is 2.36. The summed E-state index contributed by atoms with van der Waals surface area (Å²) in [6, 6.07) is 6.31. The summed E-state index contributed by atoms with van der Waals surface area (Å²) >= 11 is 10.9. The van der Waals surface area contributed by atoms with Crippen molar-refractivity contribution >= 4 is 58.7 Å². The van der Waals surface area contributed by atoms with E-state index in [1.807, 2.05) is 0 Å². The molecule has 2 aromatic heterocycles. The van der Waals surface area contributed by atoms with Crippen LogP contribution in [0.2, 0.25) is 10.0 Å². The van der Waals surface area contributed by atoms with Gasteiger partial charge in [0.15, 0.2) is 0 Å². The molecule has 15 nitrogen and oxygen atoms in total. The van der Waals surface area contributed by atoms with E-state index < -0.39 is 69.5 Å². The van der Waals surface area contributed by atoms with Crippen molar-refractivity contribution in [3.8, 4) is 0 Å². The van der Waals surface area contributed by atoms with Gasteiger partial charge in [-0.2, -0.15) is 26.3 Å². The number of hydrogen-bond donors (Lipinski definition) is 3. The number of aromatic nitrogens is 4. The average molecular weight is 850 g/mol. The molecule has 2 aliphatic heterocycles. The molecule has 0 radical (unpaired) electrons. The number of rotatable bonds is 7. The Labute approximate surface area is 329 Å². The standard InChI is InChI=1S/C12H8ClF3N2O3.C11H10ClF3N2O2.C7H6N4O.C4H8O/c13-8-2-1-6(3-7(8)12(14,15)16)4-17-10(20)11-18-5-9(19)21-11;12-8-2-1-6(3-7(8)11(13,14)15)5-17-10(19)9(18)4-16;12-7(10-3-1-8-5-10)11-4-2-9-6-11;1-2-4-5-3-1/h1-3H,4-5H2,(H,17,20);1-3H,4-5,16H2,(H,17,19);1-6H;1-4H2. The van der Waals surface area contributed by atoms with Gasteiger partial charge in [0.25, 0.3) is 11.8 Å². The van der Waals surface area contributed by atoms with E-state index in [2.05, 4.69) is 30.3 Å². The van der Waals surface area contributed by atoms with Crippen LogP contribution in [-0.2, 0) is 54.1 Å². The zero-order chi connectivity index (χ0) is 42.2. The minimum absolute atomic E-state index is 0.176. The number of ether oxygens (including phenoxy) is 2. The number of carbonyl (C=O) groups is 5. The monoisotopic (exact) mass is 848 g/mol. The number of nitrogens with two attached hydrogens (primary N) is 1. The van der Waals surface area contributed by atoms with Gasteiger partial charge in [0.2, 0.25) is 5.78 Å². The lowest BCUT2D eigenvalue weighted by molar-refractivity contribution is -0.138. The number of esters is 1. The smallest absolute Gasteiger partial charge is 0.401 e. The topological polar surface area (TPSA) is 202 Å². The van der Waals surface area contributed by atoms with Gasteiger partial charge in [-0.15, -0.1) is 0 Å². The number of aliphatic imine (C=N–C) groups is 1. The molecular formula is C34H32Cl2F6N8O7. The van der Waals surface area contributed by atoms with Crippen molar-refractivity contribution in [3.63, 3.8) is 0 Å². The third kappa shape index (κ3) is 15.1. The van der Waals surface area contributed by atoms with Gasteiger partial charge in [-0.3, -0.25) is 23.5 Å². The summed E-state index contributed by atoms with van der Waals surface area (Å²) in [5.41, 5.74) is 3.36. The van der Waals surface area contributed by atoms with Gasteiger partial charge < -0.3 is 25.8 Å². The number of ketones is 1. The fourth-order valence-electron chi connectivity index (χ4n) is 4.25. The number of benzene rings is 2. The third-order valence-electron chi connectivity index (χ3n) is 7.05. The highest BCUT2D eigenvalue weighted by Gasteiger charge is 2.34. The van der Waals surface area contributed by atoms with Gasteiger partial charge in [-0.05, 0) is 48.2 Å². The summed E-state index contributed by atoms with van der Waals surface area (Å²) in [6.07, 6.45) is 2.56. The van der Waals surface area contributed by atoms with E-state index in [-0.39, 0.29) is 36.8 Å². The molecule has 0 saturated carbocycles. The van der Waals surface area contributed by atoms with Crippen LogP contribution in [0, 0.1) is 0 Å². The van der Waals surface area contributed by atoms with E-state index >= 15 is 0 Å². The third-order valence-corrected chi connectivity index (χ3v) is 7.71. The van der Waals surface area contributed by atoms with Crippen molar-refractivity contribution in [3.05, 3.63) is 106 Å². The number of cyclic esters (lactones) is 1. The Morgan fingerprint density at radius 1 is 0.789 bits per heavy atom. The molecule has 1 fully saturated rings. The minimum atomic E-state index is -4.58. The van der Waals surface area contributed by atoms with Crippen LogP contribution in [0.15, 0.2) is 78.8 Å². The van der Waals surface area contributed by atoms with E-state index in [9.17, 15) is 50.3 Å². The molecule has 0 spiro atoms. The number of hydrogen-bond acceptors (Lipinski definition) is 11. The first-order chi connectivity index (χ1) is 26.9. The minimum Gasteiger partial charge on any atom is -0.401 e. The van der Waals surface area contributed by atoms with Gasteiger partial charge >= 0.3 is 30.3 Å². The summed E-state index contributed by atoms with van der Waals surface area (Å²) < 4.78 is 87.9. The molecule has 57 heavy (non-hydrogen) atoms. The summed E-state index contributed by atoms with van der Waals surface area (Å²) in [6.45, 7) is 0.892. The molecular weight excluding hydrogens is 817 g/mol. The van der Waals surface area contributed by atoms with Crippen molar-refractivity contribution in [1.29, 1.82) is 0 Å². The Morgan fingerprint density at radius 2 is 1.28 bits per heavy atom. The molecule has 23 heteroatoms. The molecule has 2 aliphatic rings. The maximum atomic E-state index is 12.7.